The number of halogens is 1. The molecule has 25 heavy (non-hydrogen) atoms. The van der Waals surface area contributed by atoms with Crippen LogP contribution in [0.15, 0.2) is 77.7 Å². The van der Waals surface area contributed by atoms with Gasteiger partial charge >= 0.3 is 0 Å². The molecule has 4 aromatic rings. The summed E-state index contributed by atoms with van der Waals surface area (Å²) in [5, 5.41) is 5.75. The molecule has 0 atom stereocenters. The van der Waals surface area contributed by atoms with E-state index in [1.54, 1.807) is 24.4 Å². The third kappa shape index (κ3) is 3.04. The molecule has 0 aliphatic carbocycles. The summed E-state index contributed by atoms with van der Waals surface area (Å²) < 4.78 is 1.48. The number of hydrogen-bond donors (Lipinski definition) is 0. The minimum absolute atomic E-state index is 0.155. The fourth-order valence-electron chi connectivity index (χ4n) is 2.81. The molecule has 122 valence electrons. The van der Waals surface area contributed by atoms with E-state index in [9.17, 15) is 4.79 Å². The molecule has 4 rings (SSSR count). The number of aromatic nitrogens is 3. The van der Waals surface area contributed by atoms with Gasteiger partial charge in [-0.2, -0.15) is 5.10 Å². The summed E-state index contributed by atoms with van der Waals surface area (Å²) in [5.74, 6) is 0. The van der Waals surface area contributed by atoms with E-state index in [1.165, 1.54) is 4.68 Å². The first-order chi connectivity index (χ1) is 12.2. The quantitative estimate of drug-likeness (QED) is 0.559. The molecule has 0 amide bonds. The van der Waals surface area contributed by atoms with E-state index in [1.807, 2.05) is 48.5 Å². The first-order valence-electron chi connectivity index (χ1n) is 7.88. The van der Waals surface area contributed by atoms with Crippen LogP contribution in [0.1, 0.15) is 5.56 Å². The molecule has 0 unspecified atom stereocenters. The molecule has 2 heterocycles. The molecule has 0 aliphatic rings. The maximum Gasteiger partial charge on any atom is 0.276 e. The zero-order valence-corrected chi connectivity index (χ0v) is 14.0. The number of rotatable bonds is 3. The molecule has 0 bridgehead atoms. The summed E-state index contributed by atoms with van der Waals surface area (Å²) in [6.07, 6.45) is 1.67. The van der Waals surface area contributed by atoms with Crippen molar-refractivity contribution < 1.29 is 0 Å². The Morgan fingerprint density at radius 3 is 2.60 bits per heavy atom. The lowest BCUT2D eigenvalue weighted by molar-refractivity contribution is 0.650. The molecule has 2 aromatic heterocycles. The van der Waals surface area contributed by atoms with E-state index in [0.717, 1.165) is 11.1 Å². The van der Waals surface area contributed by atoms with Gasteiger partial charge in [-0.25, -0.2) is 4.68 Å². The summed E-state index contributed by atoms with van der Waals surface area (Å²) in [4.78, 5) is 17.2. The highest BCUT2D eigenvalue weighted by atomic mass is 35.5. The lowest BCUT2D eigenvalue weighted by atomic mass is 10.1. The van der Waals surface area contributed by atoms with Gasteiger partial charge in [0.15, 0.2) is 0 Å². The van der Waals surface area contributed by atoms with E-state index >= 15 is 0 Å². The van der Waals surface area contributed by atoms with Crippen molar-refractivity contribution in [2.45, 2.75) is 6.54 Å². The van der Waals surface area contributed by atoms with Crippen molar-refractivity contribution >= 4 is 22.5 Å². The number of fused-ring (bicyclic) bond motifs is 1. The van der Waals surface area contributed by atoms with Crippen molar-refractivity contribution in [2.24, 2.45) is 0 Å². The Hall–Kier alpha value is -2.98. The molecule has 0 spiro atoms. The van der Waals surface area contributed by atoms with Crippen LogP contribution >= 0.6 is 11.6 Å². The van der Waals surface area contributed by atoms with Crippen molar-refractivity contribution in [1.29, 1.82) is 0 Å². The predicted molar refractivity (Wildman–Crippen MR) is 99.8 cm³/mol. The van der Waals surface area contributed by atoms with Crippen LogP contribution in [0.3, 0.4) is 0 Å². The maximum absolute atomic E-state index is 12.8. The van der Waals surface area contributed by atoms with Crippen LogP contribution in [0.2, 0.25) is 5.02 Å². The van der Waals surface area contributed by atoms with E-state index in [4.69, 9.17) is 11.6 Å². The van der Waals surface area contributed by atoms with Crippen LogP contribution in [0, 0.1) is 0 Å². The second-order valence-electron chi connectivity index (χ2n) is 5.71. The Balaban J connectivity index is 1.96. The molecule has 0 aliphatic heterocycles. The molecular weight excluding hydrogens is 334 g/mol. The van der Waals surface area contributed by atoms with Crippen LogP contribution < -0.4 is 5.56 Å². The summed E-state index contributed by atoms with van der Waals surface area (Å²) in [6.45, 7) is 0.401. The SMILES string of the molecule is O=c1c2cccnc2c(-c2cccc(Cl)c2)nn1Cc1ccccc1. The van der Waals surface area contributed by atoms with Gasteiger partial charge in [-0.15, -0.1) is 0 Å². The Kier molecular flexibility index (Phi) is 4.04. The number of nitrogens with zero attached hydrogens (tertiary/aromatic N) is 3. The molecule has 5 heteroatoms. The Morgan fingerprint density at radius 1 is 0.960 bits per heavy atom. The third-order valence-electron chi connectivity index (χ3n) is 3.99. The fourth-order valence-corrected chi connectivity index (χ4v) is 3.00. The summed E-state index contributed by atoms with van der Waals surface area (Å²) in [7, 11) is 0. The van der Waals surface area contributed by atoms with Gasteiger partial charge < -0.3 is 0 Å². The van der Waals surface area contributed by atoms with Gasteiger partial charge in [0.05, 0.1) is 11.9 Å². The third-order valence-corrected chi connectivity index (χ3v) is 4.23. The van der Waals surface area contributed by atoms with Gasteiger partial charge in [-0.3, -0.25) is 9.78 Å². The number of benzene rings is 2. The first-order valence-corrected chi connectivity index (χ1v) is 8.26. The maximum atomic E-state index is 12.8. The van der Waals surface area contributed by atoms with E-state index in [2.05, 4.69) is 10.1 Å². The lowest BCUT2D eigenvalue weighted by Crippen LogP contribution is -2.24. The van der Waals surface area contributed by atoms with Crippen molar-refractivity contribution in [1.82, 2.24) is 14.8 Å². The smallest absolute Gasteiger partial charge is 0.267 e. The monoisotopic (exact) mass is 347 g/mol. The van der Waals surface area contributed by atoms with Gasteiger partial charge in [0.2, 0.25) is 0 Å². The Labute approximate surface area is 149 Å². The molecule has 0 saturated carbocycles. The van der Waals surface area contributed by atoms with Gasteiger partial charge in [-0.05, 0) is 29.8 Å². The molecule has 0 fully saturated rings. The molecule has 4 nitrogen and oxygen atoms in total. The molecule has 0 N–H and O–H groups in total. The summed E-state index contributed by atoms with van der Waals surface area (Å²) in [5.41, 5.74) is 2.92. The number of hydrogen-bond acceptors (Lipinski definition) is 3. The van der Waals surface area contributed by atoms with Gasteiger partial charge in [0.25, 0.3) is 5.56 Å². The highest BCUT2D eigenvalue weighted by Crippen LogP contribution is 2.25. The molecular formula is C20H14ClN3O. The summed E-state index contributed by atoms with van der Waals surface area (Å²) >= 11 is 6.13. The highest BCUT2D eigenvalue weighted by Gasteiger charge is 2.13. The zero-order valence-electron chi connectivity index (χ0n) is 13.3. The number of pyridine rings is 1. The van der Waals surface area contributed by atoms with Gasteiger partial charge in [-0.1, -0.05) is 54.1 Å². The average molecular weight is 348 g/mol. The molecule has 0 radical (unpaired) electrons. The minimum Gasteiger partial charge on any atom is -0.267 e. The highest BCUT2D eigenvalue weighted by molar-refractivity contribution is 6.30. The predicted octanol–water partition coefficient (Wildman–Crippen LogP) is 4.16. The van der Waals surface area contributed by atoms with Gasteiger partial charge in [0.1, 0.15) is 11.2 Å². The van der Waals surface area contributed by atoms with Crippen LogP contribution in [-0.4, -0.2) is 14.8 Å². The van der Waals surface area contributed by atoms with E-state index in [-0.39, 0.29) is 5.56 Å². The fraction of sp³-hybridized carbons (Fsp3) is 0.0500. The van der Waals surface area contributed by atoms with Gasteiger partial charge in [0, 0.05) is 16.8 Å². The normalized spacial score (nSPS) is 10.9. The summed E-state index contributed by atoms with van der Waals surface area (Å²) in [6, 6.07) is 20.7. The average Bonchev–Trinajstić information content (AvgIpc) is 2.65. The van der Waals surface area contributed by atoms with Crippen molar-refractivity contribution in [3.05, 3.63) is 93.9 Å². The molecule has 0 saturated heterocycles. The second kappa shape index (κ2) is 6.49. The van der Waals surface area contributed by atoms with E-state index in [0.29, 0.717) is 28.2 Å². The van der Waals surface area contributed by atoms with Crippen LogP contribution in [0.4, 0.5) is 0 Å². The topological polar surface area (TPSA) is 47.8 Å². The molecule has 2 aromatic carbocycles. The zero-order chi connectivity index (χ0) is 17.2. The Morgan fingerprint density at radius 2 is 1.80 bits per heavy atom. The van der Waals surface area contributed by atoms with Crippen molar-refractivity contribution in [3.63, 3.8) is 0 Å². The van der Waals surface area contributed by atoms with Crippen molar-refractivity contribution in [2.75, 3.05) is 0 Å². The van der Waals surface area contributed by atoms with Crippen LogP contribution in [-0.2, 0) is 6.54 Å². The largest absolute Gasteiger partial charge is 0.276 e. The standard InChI is InChI=1S/C20H14ClN3O/c21-16-9-4-8-15(12-16)18-19-17(10-5-11-22-19)20(25)24(23-18)13-14-6-2-1-3-7-14/h1-12H,13H2. The second-order valence-corrected chi connectivity index (χ2v) is 6.14. The lowest BCUT2D eigenvalue weighted by Gasteiger charge is -2.11. The first kappa shape index (κ1) is 15.5. The van der Waals surface area contributed by atoms with E-state index < -0.39 is 0 Å². The minimum atomic E-state index is -0.155. The van der Waals surface area contributed by atoms with Crippen LogP contribution in [0.25, 0.3) is 22.2 Å². The Bertz CT molecular complexity index is 1110. The van der Waals surface area contributed by atoms with Crippen molar-refractivity contribution in [3.8, 4) is 11.3 Å². The van der Waals surface area contributed by atoms with Crippen LogP contribution in [0.5, 0.6) is 0 Å².